The molecule has 0 radical (unpaired) electrons. The molecular formula is C27H31N3O3S. The van der Waals surface area contributed by atoms with Gasteiger partial charge in [-0.05, 0) is 72.0 Å². The van der Waals surface area contributed by atoms with Gasteiger partial charge in [0.25, 0.3) is 5.91 Å². The van der Waals surface area contributed by atoms with Crippen LogP contribution in [0, 0.1) is 5.92 Å². The molecule has 2 aromatic carbocycles. The number of rotatable bonds is 5. The summed E-state index contributed by atoms with van der Waals surface area (Å²) in [6, 6.07) is 15.6. The van der Waals surface area contributed by atoms with E-state index in [0.717, 1.165) is 74.4 Å². The molecule has 1 amide bonds. The van der Waals surface area contributed by atoms with Gasteiger partial charge < -0.3 is 20.7 Å². The van der Waals surface area contributed by atoms with Crippen molar-refractivity contribution in [3.05, 3.63) is 70.6 Å². The van der Waals surface area contributed by atoms with Crippen molar-refractivity contribution >= 4 is 34.9 Å². The molecule has 1 aromatic heterocycles. The van der Waals surface area contributed by atoms with Gasteiger partial charge in [-0.1, -0.05) is 18.2 Å². The maximum Gasteiger partial charge on any atom is 0.254 e. The molecule has 0 saturated carbocycles. The lowest BCUT2D eigenvalue weighted by molar-refractivity contribution is 0.0449. The van der Waals surface area contributed by atoms with Crippen LogP contribution in [0.1, 0.15) is 39.1 Å². The second-order valence-electron chi connectivity index (χ2n) is 8.62. The average Bonchev–Trinajstić information content (AvgIpc) is 3.42. The van der Waals surface area contributed by atoms with E-state index in [1.807, 2.05) is 30.1 Å². The Bertz CT molecular complexity index is 1120. The first-order chi connectivity index (χ1) is 16.6. The Morgan fingerprint density at radius 1 is 1.18 bits per heavy atom. The van der Waals surface area contributed by atoms with Crippen LogP contribution in [0.2, 0.25) is 0 Å². The molecule has 7 heteroatoms. The van der Waals surface area contributed by atoms with E-state index in [0.29, 0.717) is 11.5 Å². The quantitative estimate of drug-likeness (QED) is 0.401. The number of amides is 1. The van der Waals surface area contributed by atoms with E-state index in [2.05, 4.69) is 28.9 Å². The first-order valence-electron chi connectivity index (χ1n) is 11.7. The molecule has 3 aromatic rings. The number of hydrogen-bond acceptors (Lipinski definition) is 6. The summed E-state index contributed by atoms with van der Waals surface area (Å²) in [5.74, 6) is 0.665. The molecule has 2 aliphatic heterocycles. The Kier molecular flexibility index (Phi) is 7.98. The van der Waals surface area contributed by atoms with Gasteiger partial charge >= 0.3 is 0 Å². The molecule has 6 nitrogen and oxygen atoms in total. The zero-order valence-electron chi connectivity index (χ0n) is 19.5. The van der Waals surface area contributed by atoms with E-state index in [4.69, 9.17) is 10.5 Å². The maximum atomic E-state index is 12.5. The van der Waals surface area contributed by atoms with E-state index in [1.54, 1.807) is 23.5 Å². The van der Waals surface area contributed by atoms with E-state index >= 15 is 0 Å². The number of benzene rings is 2. The molecule has 0 atom stereocenters. The summed E-state index contributed by atoms with van der Waals surface area (Å²) < 4.78 is 5.36. The van der Waals surface area contributed by atoms with Crippen LogP contribution in [0.15, 0.2) is 53.9 Å². The van der Waals surface area contributed by atoms with Gasteiger partial charge in [0.1, 0.15) is 6.29 Å². The van der Waals surface area contributed by atoms with Gasteiger partial charge in [0.15, 0.2) is 0 Å². The second-order valence-corrected chi connectivity index (χ2v) is 9.57. The molecule has 178 valence electrons. The van der Waals surface area contributed by atoms with Crippen LogP contribution in [0.25, 0.3) is 10.4 Å². The normalized spacial score (nSPS) is 15.8. The second kappa shape index (κ2) is 11.3. The standard InChI is InChI=1S/C16H19NO3.C11H12N2S/c18-11-13-1-2-15-14(9-13)3-6-17(16(15)19)10-12-4-7-20-8-5-12;1-13-10-7-8(4-5-9(10)12)11-3-2-6-14-11/h1-2,9,11-12H,3-8,10H2;2-7,13H,12H2,1H3. The molecule has 0 unspecified atom stereocenters. The Balaban J connectivity index is 0.000000172. The highest BCUT2D eigenvalue weighted by Crippen LogP contribution is 2.29. The molecule has 3 heterocycles. The van der Waals surface area contributed by atoms with Crippen LogP contribution < -0.4 is 11.1 Å². The minimum Gasteiger partial charge on any atom is -0.397 e. The lowest BCUT2D eigenvalue weighted by atomic mass is 9.94. The molecular weight excluding hydrogens is 446 g/mol. The molecule has 1 fully saturated rings. The number of nitrogen functional groups attached to an aromatic ring is 1. The number of nitrogens with two attached hydrogens (primary N) is 1. The number of thiophene rings is 1. The van der Waals surface area contributed by atoms with Crippen molar-refractivity contribution < 1.29 is 14.3 Å². The Labute approximate surface area is 204 Å². The van der Waals surface area contributed by atoms with Crippen LogP contribution in [-0.2, 0) is 11.2 Å². The lowest BCUT2D eigenvalue weighted by Crippen LogP contribution is -2.41. The minimum atomic E-state index is 0.107. The van der Waals surface area contributed by atoms with Crippen molar-refractivity contribution in [2.24, 2.45) is 5.92 Å². The van der Waals surface area contributed by atoms with E-state index in [9.17, 15) is 9.59 Å². The Morgan fingerprint density at radius 2 is 2.00 bits per heavy atom. The fraction of sp³-hybridized carbons (Fsp3) is 0.333. The highest BCUT2D eigenvalue weighted by Gasteiger charge is 2.27. The molecule has 0 bridgehead atoms. The monoisotopic (exact) mass is 477 g/mol. The highest BCUT2D eigenvalue weighted by molar-refractivity contribution is 7.13. The number of ether oxygens (including phenoxy) is 1. The lowest BCUT2D eigenvalue weighted by Gasteiger charge is -2.33. The molecule has 5 rings (SSSR count). The number of nitrogens with zero attached hydrogens (tertiary/aromatic N) is 1. The summed E-state index contributed by atoms with van der Waals surface area (Å²) >= 11 is 1.73. The van der Waals surface area contributed by atoms with Gasteiger partial charge in [-0.15, -0.1) is 11.3 Å². The summed E-state index contributed by atoms with van der Waals surface area (Å²) in [6.45, 7) is 3.21. The van der Waals surface area contributed by atoms with Gasteiger partial charge in [0.05, 0.1) is 11.4 Å². The van der Waals surface area contributed by atoms with Crippen molar-refractivity contribution in [2.45, 2.75) is 19.3 Å². The fourth-order valence-electron chi connectivity index (χ4n) is 4.41. The summed E-state index contributed by atoms with van der Waals surface area (Å²) in [5.41, 5.74) is 11.2. The highest BCUT2D eigenvalue weighted by atomic mass is 32.1. The van der Waals surface area contributed by atoms with Crippen LogP contribution in [0.4, 0.5) is 11.4 Å². The van der Waals surface area contributed by atoms with Gasteiger partial charge in [0.2, 0.25) is 0 Å². The zero-order chi connectivity index (χ0) is 23.9. The molecule has 1 saturated heterocycles. The molecule has 3 N–H and O–H groups in total. The summed E-state index contributed by atoms with van der Waals surface area (Å²) in [4.78, 5) is 26.5. The van der Waals surface area contributed by atoms with Crippen molar-refractivity contribution in [1.29, 1.82) is 0 Å². The first-order valence-corrected chi connectivity index (χ1v) is 12.5. The topological polar surface area (TPSA) is 84.7 Å². The minimum absolute atomic E-state index is 0.107. The van der Waals surface area contributed by atoms with Gasteiger partial charge in [-0.3, -0.25) is 9.59 Å². The predicted molar refractivity (Wildman–Crippen MR) is 139 cm³/mol. The zero-order valence-corrected chi connectivity index (χ0v) is 20.3. The predicted octanol–water partition coefficient (Wildman–Crippen LogP) is 4.96. The van der Waals surface area contributed by atoms with Crippen LogP contribution in [-0.4, -0.2) is 50.4 Å². The number of fused-ring (bicyclic) bond motifs is 1. The Hall–Kier alpha value is -3.16. The number of aldehydes is 1. The third-order valence-electron chi connectivity index (χ3n) is 6.38. The van der Waals surface area contributed by atoms with Crippen molar-refractivity contribution in [3.63, 3.8) is 0 Å². The van der Waals surface area contributed by atoms with Gasteiger partial charge in [-0.25, -0.2) is 0 Å². The number of carbonyl (C=O) groups excluding carboxylic acids is 2. The van der Waals surface area contributed by atoms with Gasteiger partial charge in [-0.2, -0.15) is 0 Å². The van der Waals surface area contributed by atoms with E-state index in [-0.39, 0.29) is 5.91 Å². The molecule has 0 spiro atoms. The van der Waals surface area contributed by atoms with Crippen LogP contribution in [0.3, 0.4) is 0 Å². The van der Waals surface area contributed by atoms with Crippen LogP contribution >= 0.6 is 11.3 Å². The largest absolute Gasteiger partial charge is 0.397 e. The fourth-order valence-corrected chi connectivity index (χ4v) is 5.14. The maximum absolute atomic E-state index is 12.5. The number of nitrogens with one attached hydrogen (secondary N) is 1. The molecule has 2 aliphatic rings. The van der Waals surface area contributed by atoms with E-state index < -0.39 is 0 Å². The SMILES string of the molecule is CNc1cc(-c2cccs2)ccc1N.O=Cc1ccc2c(c1)CCN(CC1CCOCC1)C2=O. The summed E-state index contributed by atoms with van der Waals surface area (Å²) in [7, 11) is 1.88. The summed E-state index contributed by atoms with van der Waals surface area (Å²) in [6.07, 6.45) is 3.76. The average molecular weight is 478 g/mol. The number of hydrogen-bond donors (Lipinski definition) is 2. The number of anilines is 2. The van der Waals surface area contributed by atoms with Gasteiger partial charge in [0, 0.05) is 49.4 Å². The third-order valence-corrected chi connectivity index (χ3v) is 7.30. The van der Waals surface area contributed by atoms with Crippen LogP contribution in [0.5, 0.6) is 0 Å². The molecule has 34 heavy (non-hydrogen) atoms. The number of carbonyl (C=O) groups is 2. The molecule has 0 aliphatic carbocycles. The Morgan fingerprint density at radius 3 is 2.71 bits per heavy atom. The smallest absolute Gasteiger partial charge is 0.254 e. The third kappa shape index (κ3) is 5.66. The van der Waals surface area contributed by atoms with Crippen molar-refractivity contribution in [2.75, 3.05) is 44.4 Å². The first kappa shape index (κ1) is 24.0. The van der Waals surface area contributed by atoms with Crippen molar-refractivity contribution in [1.82, 2.24) is 4.90 Å². The van der Waals surface area contributed by atoms with E-state index in [1.165, 1.54) is 10.4 Å². The van der Waals surface area contributed by atoms with Crippen molar-refractivity contribution in [3.8, 4) is 10.4 Å². The summed E-state index contributed by atoms with van der Waals surface area (Å²) in [5, 5.41) is 5.15.